The number of hydrogen-bond acceptors (Lipinski definition) is 3. The first-order valence-corrected chi connectivity index (χ1v) is 2.52. The minimum atomic E-state index is 0.181. The topological polar surface area (TPSA) is 64.1 Å². The van der Waals surface area contributed by atoms with Gasteiger partial charge in [0.15, 0.2) is 0 Å². The summed E-state index contributed by atoms with van der Waals surface area (Å²) in [6, 6.07) is 0.361. The van der Waals surface area contributed by atoms with Crippen LogP contribution in [0.5, 0.6) is 0 Å². The monoisotopic (exact) mass is 101 g/mol. The van der Waals surface area contributed by atoms with Gasteiger partial charge in [-0.3, -0.25) is 0 Å². The van der Waals surface area contributed by atoms with Crippen LogP contribution in [0.15, 0.2) is 0 Å². The van der Waals surface area contributed by atoms with Gasteiger partial charge in [-0.15, -0.1) is 0 Å². The molecule has 0 saturated carbocycles. The molecule has 0 aliphatic carbocycles. The summed E-state index contributed by atoms with van der Waals surface area (Å²) < 4.78 is 0. The summed E-state index contributed by atoms with van der Waals surface area (Å²) >= 11 is 0. The van der Waals surface area contributed by atoms with Crippen LogP contribution >= 0.6 is 0 Å². The third-order valence-corrected chi connectivity index (χ3v) is 1.31. The second-order valence-corrected chi connectivity index (χ2v) is 1.99. The van der Waals surface area contributed by atoms with Crippen molar-refractivity contribution < 1.29 is 0 Å². The fraction of sp³-hybridized carbons (Fsp3) is 1.00. The van der Waals surface area contributed by atoms with Crippen molar-refractivity contribution in [3.8, 4) is 0 Å². The molecule has 0 aromatic carbocycles. The van der Waals surface area contributed by atoms with Gasteiger partial charge in [0.2, 0.25) is 0 Å². The first-order valence-electron chi connectivity index (χ1n) is 2.52. The molecule has 0 unspecified atom stereocenters. The molecule has 1 rings (SSSR count). The van der Waals surface area contributed by atoms with Crippen molar-refractivity contribution in [1.29, 1.82) is 0 Å². The van der Waals surface area contributed by atoms with Crippen LogP contribution in [0.25, 0.3) is 0 Å². The van der Waals surface area contributed by atoms with E-state index in [4.69, 9.17) is 11.5 Å². The molecule has 0 spiro atoms. The van der Waals surface area contributed by atoms with E-state index in [9.17, 15) is 0 Å². The maximum Gasteiger partial charge on any atom is 0.0331 e. The Morgan fingerprint density at radius 2 is 1.57 bits per heavy atom. The molecule has 42 valence electrons. The predicted octanol–water partition coefficient (Wildman–Crippen LogP) is -1.76. The van der Waals surface area contributed by atoms with Crippen molar-refractivity contribution in [2.75, 3.05) is 13.1 Å². The normalized spacial score (nSPS) is 42.0. The van der Waals surface area contributed by atoms with Crippen molar-refractivity contribution in [1.82, 2.24) is 5.32 Å². The summed E-state index contributed by atoms with van der Waals surface area (Å²) in [6.07, 6.45) is 0. The highest BCUT2D eigenvalue weighted by molar-refractivity contribution is 4.86. The zero-order chi connectivity index (χ0) is 5.28. The largest absolute Gasteiger partial charge is 0.325 e. The maximum absolute atomic E-state index is 5.49. The molecule has 0 aromatic heterocycles. The summed E-state index contributed by atoms with van der Waals surface area (Å²) in [6.45, 7) is 1.75. The highest BCUT2D eigenvalue weighted by Gasteiger charge is 2.17. The van der Waals surface area contributed by atoms with Crippen LogP contribution in [-0.2, 0) is 0 Å². The minimum Gasteiger partial charge on any atom is -0.325 e. The van der Waals surface area contributed by atoms with E-state index >= 15 is 0 Å². The Bertz CT molecular complexity index is 56.0. The van der Waals surface area contributed by atoms with Gasteiger partial charge in [0.25, 0.3) is 0 Å². The van der Waals surface area contributed by atoms with Gasteiger partial charge in [-0.05, 0) is 0 Å². The van der Waals surface area contributed by atoms with E-state index in [0.717, 1.165) is 13.1 Å². The highest BCUT2D eigenvalue weighted by Crippen LogP contribution is 1.90. The molecule has 1 aliphatic rings. The highest BCUT2D eigenvalue weighted by atomic mass is 15.0. The van der Waals surface area contributed by atoms with Crippen molar-refractivity contribution in [2.24, 2.45) is 11.5 Å². The molecular weight excluding hydrogens is 90.1 g/mol. The van der Waals surface area contributed by atoms with Crippen LogP contribution in [0, 0.1) is 0 Å². The number of nitrogens with one attached hydrogen (secondary N) is 1. The van der Waals surface area contributed by atoms with Gasteiger partial charge in [0.05, 0.1) is 0 Å². The summed E-state index contributed by atoms with van der Waals surface area (Å²) in [5, 5.41) is 3.07. The molecule has 0 radical (unpaired) electrons. The molecular formula is C4H11N3. The number of nitrogens with two attached hydrogens (primary N) is 2. The average molecular weight is 101 g/mol. The number of hydrogen-bond donors (Lipinski definition) is 3. The minimum absolute atomic E-state index is 0.181. The van der Waals surface area contributed by atoms with Crippen molar-refractivity contribution in [3.05, 3.63) is 0 Å². The summed E-state index contributed by atoms with van der Waals surface area (Å²) in [5.41, 5.74) is 11.0. The fourth-order valence-electron chi connectivity index (χ4n) is 0.719. The molecule has 5 N–H and O–H groups in total. The van der Waals surface area contributed by atoms with Gasteiger partial charge in [-0.2, -0.15) is 0 Å². The Morgan fingerprint density at radius 1 is 1.14 bits per heavy atom. The van der Waals surface area contributed by atoms with Crippen molar-refractivity contribution in [3.63, 3.8) is 0 Å². The molecule has 1 saturated heterocycles. The van der Waals surface area contributed by atoms with E-state index in [1.54, 1.807) is 0 Å². The van der Waals surface area contributed by atoms with Gasteiger partial charge in [0.1, 0.15) is 0 Å². The quantitative estimate of drug-likeness (QED) is 0.339. The Labute approximate surface area is 43.1 Å². The molecule has 0 aromatic rings. The molecule has 0 bridgehead atoms. The number of rotatable bonds is 0. The molecule has 1 aliphatic heterocycles. The van der Waals surface area contributed by atoms with Gasteiger partial charge in [-0.25, -0.2) is 0 Å². The first kappa shape index (κ1) is 5.03. The molecule has 1 fully saturated rings. The third-order valence-electron chi connectivity index (χ3n) is 1.31. The van der Waals surface area contributed by atoms with Crippen LogP contribution in [0.2, 0.25) is 0 Å². The lowest BCUT2D eigenvalue weighted by molar-refractivity contribution is 0.642. The Kier molecular flexibility index (Phi) is 1.27. The summed E-state index contributed by atoms with van der Waals surface area (Å²) in [5.74, 6) is 0. The van der Waals surface area contributed by atoms with Gasteiger partial charge >= 0.3 is 0 Å². The van der Waals surface area contributed by atoms with Gasteiger partial charge in [0, 0.05) is 25.2 Å². The first-order chi connectivity index (χ1) is 3.30. The predicted molar refractivity (Wildman–Crippen MR) is 28.8 cm³/mol. The lowest BCUT2D eigenvalue weighted by atomic mass is 10.2. The maximum atomic E-state index is 5.49. The van der Waals surface area contributed by atoms with E-state index in [0.29, 0.717) is 0 Å². The van der Waals surface area contributed by atoms with Crippen LogP contribution in [0.3, 0.4) is 0 Å². The third kappa shape index (κ3) is 0.907. The van der Waals surface area contributed by atoms with Crippen LogP contribution < -0.4 is 16.8 Å². The zero-order valence-electron chi connectivity index (χ0n) is 4.22. The van der Waals surface area contributed by atoms with Crippen LogP contribution in [-0.4, -0.2) is 25.2 Å². The average Bonchev–Trinajstić information content (AvgIpc) is 1.91. The standard InChI is InChI=1S/C4H11N3/c5-3-1-7-2-4(3)6/h3-4,7H,1-2,5-6H2/t3-,4-/m0/s1. The zero-order valence-corrected chi connectivity index (χ0v) is 4.22. The van der Waals surface area contributed by atoms with Crippen LogP contribution in [0.1, 0.15) is 0 Å². The summed E-state index contributed by atoms with van der Waals surface area (Å²) in [7, 11) is 0. The van der Waals surface area contributed by atoms with E-state index in [2.05, 4.69) is 5.32 Å². The Morgan fingerprint density at radius 3 is 1.71 bits per heavy atom. The van der Waals surface area contributed by atoms with E-state index < -0.39 is 0 Å². The molecule has 2 atom stereocenters. The molecule has 7 heavy (non-hydrogen) atoms. The smallest absolute Gasteiger partial charge is 0.0331 e. The lowest BCUT2D eigenvalue weighted by Crippen LogP contribution is -2.39. The Hall–Kier alpha value is -0.120. The molecule has 0 amide bonds. The van der Waals surface area contributed by atoms with E-state index in [-0.39, 0.29) is 12.1 Å². The SMILES string of the molecule is N[C@H]1CNC[C@@H]1N. The molecule has 1 heterocycles. The second-order valence-electron chi connectivity index (χ2n) is 1.99. The van der Waals surface area contributed by atoms with Gasteiger partial charge < -0.3 is 16.8 Å². The molecule has 3 heteroatoms. The van der Waals surface area contributed by atoms with Crippen molar-refractivity contribution in [2.45, 2.75) is 12.1 Å². The van der Waals surface area contributed by atoms with E-state index in [1.807, 2.05) is 0 Å². The molecule has 3 nitrogen and oxygen atoms in total. The summed E-state index contributed by atoms with van der Waals surface area (Å²) in [4.78, 5) is 0. The fourth-order valence-corrected chi connectivity index (χ4v) is 0.719. The van der Waals surface area contributed by atoms with Gasteiger partial charge in [-0.1, -0.05) is 0 Å². The van der Waals surface area contributed by atoms with Crippen molar-refractivity contribution >= 4 is 0 Å². The Balaban J connectivity index is 2.33. The van der Waals surface area contributed by atoms with Crippen LogP contribution in [0.4, 0.5) is 0 Å². The second kappa shape index (κ2) is 1.78. The van der Waals surface area contributed by atoms with E-state index in [1.165, 1.54) is 0 Å². The lowest BCUT2D eigenvalue weighted by Gasteiger charge is -2.04.